The molecule has 0 saturated carbocycles. The fourth-order valence-corrected chi connectivity index (χ4v) is 7.09. The predicted molar refractivity (Wildman–Crippen MR) is 174 cm³/mol. The van der Waals surface area contributed by atoms with Crippen LogP contribution in [-0.4, -0.2) is 38.1 Å². The van der Waals surface area contributed by atoms with E-state index in [2.05, 4.69) is 10.6 Å². The molecule has 2 heterocycles. The molecule has 2 aliphatic heterocycles. The van der Waals surface area contributed by atoms with Gasteiger partial charge in [-0.2, -0.15) is 0 Å². The molecule has 1 unspecified atom stereocenters. The van der Waals surface area contributed by atoms with Gasteiger partial charge in [-0.15, -0.1) is 0 Å². The van der Waals surface area contributed by atoms with Gasteiger partial charge in [0.1, 0.15) is 6.04 Å². The van der Waals surface area contributed by atoms with Gasteiger partial charge < -0.3 is 21.3 Å². The second kappa shape index (κ2) is 13.4. The van der Waals surface area contributed by atoms with E-state index in [1.54, 1.807) is 61.6 Å². The molecule has 4 aromatic carbocycles. The van der Waals surface area contributed by atoms with Gasteiger partial charge in [-0.3, -0.25) is 14.4 Å². The molecule has 4 aromatic rings. The Morgan fingerprint density at radius 3 is 2.44 bits per heavy atom. The number of likely N-dealkylation sites (N-methyl/N-ethyl adjacent to an activating group) is 1. The van der Waals surface area contributed by atoms with Gasteiger partial charge in [-0.05, 0) is 90.0 Å². The highest BCUT2D eigenvalue weighted by Crippen LogP contribution is 2.30. The molecule has 2 aliphatic rings. The quantitative estimate of drug-likeness (QED) is 0.267. The predicted octanol–water partition coefficient (Wildman–Crippen LogP) is 5.27. The molecule has 0 aliphatic carbocycles. The van der Waals surface area contributed by atoms with Gasteiger partial charge in [0.15, 0.2) is 0 Å². The zero-order valence-electron chi connectivity index (χ0n) is 25.2. The molecular formula is C35H36N4O5S. The molecule has 232 valence electrons. The highest BCUT2D eigenvalue weighted by atomic mass is 32.2. The van der Waals surface area contributed by atoms with Gasteiger partial charge >= 0.3 is 0 Å². The largest absolute Gasteiger partial charge is 0.370 e. The van der Waals surface area contributed by atoms with Crippen molar-refractivity contribution in [1.29, 1.82) is 0 Å². The summed E-state index contributed by atoms with van der Waals surface area (Å²) in [4.78, 5) is 40.7. The Balaban J connectivity index is 1.61. The molecule has 9 nitrogen and oxygen atoms in total. The summed E-state index contributed by atoms with van der Waals surface area (Å²) in [5, 5.41) is 6.19. The van der Waals surface area contributed by atoms with Crippen LogP contribution in [0.1, 0.15) is 58.4 Å². The van der Waals surface area contributed by atoms with E-state index < -0.39 is 21.8 Å². The highest BCUT2D eigenvalue weighted by Gasteiger charge is 2.28. The zero-order valence-corrected chi connectivity index (χ0v) is 26.1. The number of anilines is 2. The number of carbonyl (C=O) groups excluding carboxylic acids is 3. The Morgan fingerprint density at radius 2 is 1.71 bits per heavy atom. The minimum Gasteiger partial charge on any atom is -0.370 e. The summed E-state index contributed by atoms with van der Waals surface area (Å²) in [7, 11) is -2.33. The highest BCUT2D eigenvalue weighted by molar-refractivity contribution is 7.91. The first-order valence-electron chi connectivity index (χ1n) is 14.8. The van der Waals surface area contributed by atoms with Crippen LogP contribution in [0.2, 0.25) is 0 Å². The molecule has 0 radical (unpaired) electrons. The van der Waals surface area contributed by atoms with Crippen LogP contribution in [0, 0.1) is 0 Å². The number of nitrogens with zero attached hydrogens (tertiary/aromatic N) is 1. The summed E-state index contributed by atoms with van der Waals surface area (Å²) in [5.74, 6) is -1.08. The van der Waals surface area contributed by atoms with Crippen LogP contribution in [0.5, 0.6) is 0 Å². The van der Waals surface area contributed by atoms with E-state index >= 15 is 0 Å². The molecule has 0 fully saturated rings. The molecule has 6 rings (SSSR count). The van der Waals surface area contributed by atoms with E-state index in [4.69, 9.17) is 5.73 Å². The summed E-state index contributed by atoms with van der Waals surface area (Å²) in [6.45, 7) is 1.99. The van der Waals surface area contributed by atoms with E-state index in [0.29, 0.717) is 47.3 Å². The summed E-state index contributed by atoms with van der Waals surface area (Å²) in [5.41, 5.74) is 10.0. The number of fused-ring (bicyclic) bond motifs is 9. The first-order valence-corrected chi connectivity index (χ1v) is 16.3. The minimum absolute atomic E-state index is 0.0451. The van der Waals surface area contributed by atoms with Crippen molar-refractivity contribution < 1.29 is 22.8 Å². The summed E-state index contributed by atoms with van der Waals surface area (Å²) < 4.78 is 27.5. The van der Waals surface area contributed by atoms with Gasteiger partial charge in [0.2, 0.25) is 27.6 Å². The van der Waals surface area contributed by atoms with Gasteiger partial charge in [0, 0.05) is 37.0 Å². The standard InChI is InChI=1S/C35H36N4O5S/c1-3-23-19-25-16-15-24(23)9-8-14-32(40)37-29-17-18-31(45(43,44)30-12-5-4-6-13-30)27(21-29)22-39(2)35(42)33(25)38-28-11-7-10-26(20-28)34(36)41/h4-7,10-13,15-21,33,38H,3,8-9,14,22H2,1-2H3,(H2,36,41)(H,37,40). The fraction of sp³-hybridized carbons (Fsp3) is 0.229. The van der Waals surface area contributed by atoms with Crippen molar-refractivity contribution in [2.75, 3.05) is 17.7 Å². The average Bonchev–Trinajstić information content (AvgIpc) is 3.03. The first-order chi connectivity index (χ1) is 21.6. The Labute approximate surface area is 263 Å². The normalized spacial score (nSPS) is 15.9. The molecule has 10 heteroatoms. The lowest BCUT2D eigenvalue weighted by atomic mass is 9.94. The number of hydrogen-bond acceptors (Lipinski definition) is 6. The molecule has 0 aromatic heterocycles. The number of nitrogens with one attached hydrogen (secondary N) is 2. The average molecular weight is 625 g/mol. The second-order valence-electron chi connectivity index (χ2n) is 11.1. The third kappa shape index (κ3) is 7.07. The molecule has 3 amide bonds. The number of benzene rings is 4. The van der Waals surface area contributed by atoms with E-state index in [1.165, 1.54) is 23.1 Å². The van der Waals surface area contributed by atoms with Crippen LogP contribution in [0.15, 0.2) is 101 Å². The van der Waals surface area contributed by atoms with Crippen molar-refractivity contribution in [2.24, 2.45) is 5.73 Å². The SMILES string of the molecule is CCc1cc2ccc1CCCC(=O)Nc1ccc(S(=O)(=O)c3ccccc3)c(c1)CN(C)C(=O)C2Nc1cccc(C(N)=O)c1. The van der Waals surface area contributed by atoms with Gasteiger partial charge in [0.25, 0.3) is 0 Å². The molecular weight excluding hydrogens is 588 g/mol. The lowest BCUT2D eigenvalue weighted by molar-refractivity contribution is -0.131. The van der Waals surface area contributed by atoms with Gasteiger partial charge in [-0.1, -0.05) is 49.4 Å². The maximum absolute atomic E-state index is 14.3. The molecule has 1 atom stereocenters. The zero-order chi connectivity index (χ0) is 32.1. The van der Waals surface area contributed by atoms with Gasteiger partial charge in [0.05, 0.1) is 9.79 Å². The molecule has 0 spiro atoms. The maximum Gasteiger partial charge on any atom is 0.249 e. The van der Waals surface area contributed by atoms with E-state index in [-0.39, 0.29) is 28.2 Å². The number of nitrogens with two attached hydrogens (primary N) is 1. The van der Waals surface area contributed by atoms with E-state index in [9.17, 15) is 22.8 Å². The van der Waals surface area contributed by atoms with Crippen molar-refractivity contribution in [2.45, 2.75) is 55.0 Å². The van der Waals surface area contributed by atoms with Crippen LogP contribution in [0.3, 0.4) is 0 Å². The monoisotopic (exact) mass is 624 g/mol. The first kappa shape index (κ1) is 31.5. The van der Waals surface area contributed by atoms with E-state index in [0.717, 1.165) is 17.5 Å². The molecule has 0 saturated heterocycles. The third-order valence-corrected chi connectivity index (χ3v) is 9.84. The lowest BCUT2D eigenvalue weighted by Crippen LogP contribution is -2.35. The Hall–Kier alpha value is -4.96. The maximum atomic E-state index is 14.3. The number of hydrogen-bond donors (Lipinski definition) is 3. The molecule has 4 bridgehead atoms. The fourth-order valence-electron chi connectivity index (χ4n) is 5.60. The van der Waals surface area contributed by atoms with Crippen LogP contribution in [0.25, 0.3) is 0 Å². The Morgan fingerprint density at radius 1 is 0.933 bits per heavy atom. The topological polar surface area (TPSA) is 139 Å². The lowest BCUT2D eigenvalue weighted by Gasteiger charge is -2.27. The summed E-state index contributed by atoms with van der Waals surface area (Å²) in [6, 6.07) is 24.4. The van der Waals surface area contributed by atoms with Crippen molar-refractivity contribution in [3.8, 4) is 0 Å². The number of sulfone groups is 1. The van der Waals surface area contributed by atoms with Crippen LogP contribution in [-0.2, 0) is 38.8 Å². The van der Waals surface area contributed by atoms with Crippen LogP contribution in [0.4, 0.5) is 11.4 Å². The van der Waals surface area contributed by atoms with E-state index in [1.807, 2.05) is 25.1 Å². The molecule has 4 N–H and O–H groups in total. The Kier molecular flexibility index (Phi) is 9.34. The second-order valence-corrected chi connectivity index (χ2v) is 13.1. The van der Waals surface area contributed by atoms with Crippen molar-refractivity contribution in [1.82, 2.24) is 4.90 Å². The molecule has 45 heavy (non-hydrogen) atoms. The number of aryl methyl sites for hydroxylation is 2. The van der Waals surface area contributed by atoms with Gasteiger partial charge in [-0.25, -0.2) is 8.42 Å². The van der Waals surface area contributed by atoms with Crippen LogP contribution >= 0.6 is 0 Å². The number of primary amides is 1. The number of carbonyl (C=O) groups is 3. The van der Waals surface area contributed by atoms with Crippen molar-refractivity contribution in [3.63, 3.8) is 0 Å². The van der Waals surface area contributed by atoms with Crippen molar-refractivity contribution in [3.05, 3.63) is 119 Å². The summed E-state index contributed by atoms with van der Waals surface area (Å²) in [6.07, 6.45) is 2.33. The summed E-state index contributed by atoms with van der Waals surface area (Å²) >= 11 is 0. The van der Waals surface area contributed by atoms with Crippen molar-refractivity contribution >= 4 is 38.9 Å². The number of rotatable bonds is 6. The number of amides is 3. The minimum atomic E-state index is -3.94. The third-order valence-electron chi connectivity index (χ3n) is 7.97. The Bertz CT molecular complexity index is 1860. The smallest absolute Gasteiger partial charge is 0.249 e. The van der Waals surface area contributed by atoms with Crippen LogP contribution < -0.4 is 16.4 Å².